The van der Waals surface area contributed by atoms with E-state index in [4.69, 9.17) is 14.2 Å². The number of fused-ring (bicyclic) bond motifs is 2. The van der Waals surface area contributed by atoms with E-state index in [2.05, 4.69) is 6.92 Å². The van der Waals surface area contributed by atoms with Gasteiger partial charge in [0.25, 0.3) is 0 Å². The molecule has 0 aromatic carbocycles. The van der Waals surface area contributed by atoms with Gasteiger partial charge in [-0.05, 0) is 0 Å². The molecule has 0 aromatic heterocycles. The largest absolute Gasteiger partial charge is 0.431 e. The van der Waals surface area contributed by atoms with Crippen LogP contribution in [0.25, 0.3) is 0 Å². The maximum Gasteiger partial charge on any atom is 0.338 e. The van der Waals surface area contributed by atoms with Gasteiger partial charge in [-0.15, -0.1) is 0 Å². The Balaban J connectivity index is 2.02. The van der Waals surface area contributed by atoms with Crippen molar-refractivity contribution in [2.45, 2.75) is 38.4 Å². The zero-order valence-corrected chi connectivity index (χ0v) is 7.60. The molecule has 0 aliphatic carbocycles. The van der Waals surface area contributed by atoms with Crippen LogP contribution in [-0.2, 0) is 19.0 Å². The van der Waals surface area contributed by atoms with Gasteiger partial charge >= 0.3 is 5.97 Å². The highest BCUT2D eigenvalue weighted by molar-refractivity contribution is 5.76. The van der Waals surface area contributed by atoms with Crippen molar-refractivity contribution in [2.75, 3.05) is 0 Å². The second-order valence-electron chi connectivity index (χ2n) is 4.15. The van der Waals surface area contributed by atoms with Crippen LogP contribution in [0.2, 0.25) is 0 Å². The van der Waals surface area contributed by atoms with Crippen LogP contribution in [0.5, 0.6) is 0 Å². The van der Waals surface area contributed by atoms with Crippen LogP contribution in [0.15, 0.2) is 0 Å². The van der Waals surface area contributed by atoms with E-state index in [1.54, 1.807) is 0 Å². The monoisotopic (exact) mass is 184 g/mol. The molecule has 0 amide bonds. The van der Waals surface area contributed by atoms with Crippen LogP contribution < -0.4 is 0 Å². The minimum absolute atomic E-state index is 0.0381. The first kappa shape index (κ1) is 7.76. The molecule has 0 N–H and O–H groups in total. The van der Waals surface area contributed by atoms with Gasteiger partial charge in [-0.2, -0.15) is 0 Å². The fourth-order valence-corrected chi connectivity index (χ4v) is 2.59. The topological polar surface area (TPSA) is 44.8 Å². The average Bonchev–Trinajstić information content (AvgIpc) is 2.25. The molecule has 0 radical (unpaired) electrons. The second kappa shape index (κ2) is 2.25. The highest BCUT2D eigenvalue weighted by atomic mass is 16.8. The molecule has 3 aliphatic heterocycles. The highest BCUT2D eigenvalue weighted by Crippen LogP contribution is 2.44. The van der Waals surface area contributed by atoms with E-state index in [9.17, 15) is 4.79 Å². The van der Waals surface area contributed by atoms with E-state index in [0.717, 1.165) is 0 Å². The van der Waals surface area contributed by atoms with Crippen molar-refractivity contribution in [3.8, 4) is 0 Å². The number of esters is 1. The lowest BCUT2D eigenvalue weighted by Gasteiger charge is -2.38. The fourth-order valence-electron chi connectivity index (χ4n) is 2.59. The molecule has 3 aliphatic rings. The summed E-state index contributed by atoms with van der Waals surface area (Å²) in [4.78, 5) is 11.3. The maximum atomic E-state index is 11.3. The highest BCUT2D eigenvalue weighted by Gasteiger charge is 2.59. The van der Waals surface area contributed by atoms with Crippen molar-refractivity contribution in [1.82, 2.24) is 0 Å². The van der Waals surface area contributed by atoms with E-state index < -0.39 is 12.4 Å². The minimum atomic E-state index is -0.450. The minimum Gasteiger partial charge on any atom is -0.431 e. The van der Waals surface area contributed by atoms with E-state index in [1.807, 2.05) is 6.92 Å². The third kappa shape index (κ3) is 0.802. The van der Waals surface area contributed by atoms with Gasteiger partial charge in [0.05, 0.1) is 6.10 Å². The Morgan fingerprint density at radius 1 is 1.08 bits per heavy atom. The molecule has 6 atom stereocenters. The Morgan fingerprint density at radius 3 is 2.62 bits per heavy atom. The van der Waals surface area contributed by atoms with Gasteiger partial charge in [0.1, 0.15) is 6.10 Å². The van der Waals surface area contributed by atoms with Gasteiger partial charge in [0.15, 0.2) is 6.10 Å². The molecule has 0 aromatic rings. The van der Waals surface area contributed by atoms with Crippen molar-refractivity contribution in [3.63, 3.8) is 0 Å². The summed E-state index contributed by atoms with van der Waals surface area (Å²) in [5.41, 5.74) is 0. The Kier molecular flexibility index (Phi) is 1.34. The summed E-state index contributed by atoms with van der Waals surface area (Å²) in [6.45, 7) is 4.07. The number of hydrogen-bond acceptors (Lipinski definition) is 4. The second-order valence-corrected chi connectivity index (χ2v) is 4.15. The lowest BCUT2D eigenvalue weighted by molar-refractivity contribution is -0.225. The first-order valence-corrected chi connectivity index (χ1v) is 4.70. The zero-order chi connectivity index (χ0) is 9.16. The summed E-state index contributed by atoms with van der Waals surface area (Å²) < 4.78 is 16.3. The van der Waals surface area contributed by atoms with Crippen LogP contribution in [0.1, 0.15) is 13.8 Å². The van der Waals surface area contributed by atoms with Crippen LogP contribution in [0.3, 0.4) is 0 Å². The van der Waals surface area contributed by atoms with E-state index in [-0.39, 0.29) is 24.1 Å². The van der Waals surface area contributed by atoms with Crippen LogP contribution in [0, 0.1) is 11.8 Å². The molecule has 3 bridgehead atoms. The smallest absolute Gasteiger partial charge is 0.338 e. The van der Waals surface area contributed by atoms with E-state index in [1.165, 1.54) is 0 Å². The number of rotatable bonds is 0. The Bertz CT molecular complexity index is 264. The summed E-state index contributed by atoms with van der Waals surface area (Å²) in [5, 5.41) is 0. The first-order chi connectivity index (χ1) is 6.18. The number of carbonyl (C=O) groups excluding carboxylic acids is 1. The van der Waals surface area contributed by atoms with Crippen molar-refractivity contribution in [2.24, 2.45) is 11.8 Å². The Labute approximate surface area is 76.1 Å². The molecule has 0 spiro atoms. The quantitative estimate of drug-likeness (QED) is 0.508. The summed E-state index contributed by atoms with van der Waals surface area (Å²) in [6.07, 6.45) is -0.761. The third-order valence-electron chi connectivity index (χ3n) is 3.36. The molecule has 5 unspecified atom stereocenters. The summed E-state index contributed by atoms with van der Waals surface area (Å²) in [6, 6.07) is 0. The molecule has 72 valence electrons. The van der Waals surface area contributed by atoms with Crippen LogP contribution in [0.4, 0.5) is 0 Å². The predicted octanol–water partition coefficient (Wildman–Crippen LogP) is 0.308. The van der Waals surface area contributed by atoms with E-state index in [0.29, 0.717) is 5.92 Å². The van der Waals surface area contributed by atoms with Crippen molar-refractivity contribution in [3.05, 3.63) is 0 Å². The van der Waals surface area contributed by atoms with Crippen molar-refractivity contribution < 1.29 is 19.0 Å². The molecule has 4 nitrogen and oxygen atoms in total. The molecular weight excluding hydrogens is 172 g/mol. The Hall–Kier alpha value is -0.610. The lowest BCUT2D eigenvalue weighted by Crippen LogP contribution is -2.53. The Morgan fingerprint density at radius 2 is 1.85 bits per heavy atom. The van der Waals surface area contributed by atoms with Gasteiger partial charge in [0, 0.05) is 11.8 Å². The molecule has 3 heterocycles. The number of carbonyl (C=O) groups is 1. The van der Waals surface area contributed by atoms with Crippen LogP contribution >= 0.6 is 0 Å². The maximum absolute atomic E-state index is 11.3. The fraction of sp³-hybridized carbons (Fsp3) is 0.889. The zero-order valence-electron chi connectivity index (χ0n) is 7.60. The summed E-state index contributed by atoms with van der Waals surface area (Å²) in [5.74, 6) is 0.193. The SMILES string of the molecule is CC1C2O[C@H]3C(OC2=O)OC1C3C. The summed E-state index contributed by atoms with van der Waals surface area (Å²) >= 11 is 0. The normalized spacial score (nSPS) is 58.2. The molecule has 13 heavy (non-hydrogen) atoms. The van der Waals surface area contributed by atoms with Crippen LogP contribution in [-0.4, -0.2) is 30.6 Å². The first-order valence-electron chi connectivity index (χ1n) is 4.70. The molecule has 4 heteroatoms. The van der Waals surface area contributed by atoms with Gasteiger partial charge in [-0.25, -0.2) is 4.79 Å². The molecule has 3 rings (SSSR count). The van der Waals surface area contributed by atoms with Crippen molar-refractivity contribution >= 4 is 5.97 Å². The van der Waals surface area contributed by atoms with Crippen molar-refractivity contribution in [1.29, 1.82) is 0 Å². The number of hydrogen-bond donors (Lipinski definition) is 0. The lowest BCUT2D eigenvalue weighted by atomic mass is 9.84. The summed E-state index contributed by atoms with van der Waals surface area (Å²) in [7, 11) is 0. The van der Waals surface area contributed by atoms with Gasteiger partial charge < -0.3 is 14.2 Å². The predicted molar refractivity (Wildman–Crippen MR) is 41.7 cm³/mol. The van der Waals surface area contributed by atoms with Gasteiger partial charge in [-0.1, -0.05) is 13.8 Å². The van der Waals surface area contributed by atoms with E-state index >= 15 is 0 Å². The van der Waals surface area contributed by atoms with Gasteiger partial charge in [-0.3, -0.25) is 0 Å². The molecular formula is C9H12O4. The van der Waals surface area contributed by atoms with Gasteiger partial charge in [0.2, 0.25) is 6.29 Å². The molecule has 3 fully saturated rings. The molecule has 3 saturated heterocycles. The number of ether oxygens (including phenoxy) is 3. The average molecular weight is 184 g/mol. The third-order valence-corrected chi connectivity index (χ3v) is 3.36. The molecule has 0 saturated carbocycles. The standard InChI is InChI=1S/C9H12O4/c1-3-5-4(2)7-9(12-5)13-8(10)6(3)11-7/h3-7,9H,1-2H3/t3?,4?,5?,6?,7-,9?/m1/s1.